The standard InChI is InChI=1S/C17H17N5O2.C12H13N3O.C5H6N2O2/c1-10-19-16(21-24-10)12-3-5-13-11(9-12)4-6-14(13)20-17(23)15-7-8-18-22(15)2;1-7-14-12(15-16-7)9-2-4-10-8(6-9)3-5-11(10)13;1-7-4(5(8)9)2-3-6-7/h3,5,7-9,14H,4,6H2,1-2H3,(H,20,23);2,4,6,11H,3,5,13H2,1H3;2-3H,1H3,(H,8,9). The fourth-order valence-electron chi connectivity index (χ4n) is 5.94. The molecule has 2 unspecified atom stereocenters. The van der Waals surface area contributed by atoms with E-state index >= 15 is 0 Å². The molecule has 15 nitrogen and oxygen atoms in total. The first-order valence-corrected chi connectivity index (χ1v) is 15.7. The van der Waals surface area contributed by atoms with Crippen molar-refractivity contribution in [2.24, 2.45) is 19.8 Å². The van der Waals surface area contributed by atoms with Gasteiger partial charge in [-0.2, -0.15) is 20.2 Å². The molecule has 0 radical (unpaired) electrons. The fraction of sp³-hybridized carbons (Fsp3) is 0.294. The molecule has 15 heteroatoms. The molecule has 2 aliphatic carbocycles. The van der Waals surface area contributed by atoms with Crippen molar-refractivity contribution in [2.45, 2.75) is 51.6 Å². The van der Waals surface area contributed by atoms with E-state index in [-0.39, 0.29) is 23.7 Å². The number of carbonyl (C=O) groups is 2. The first-order valence-electron chi connectivity index (χ1n) is 15.7. The normalized spacial score (nSPS) is 15.8. The predicted molar refractivity (Wildman–Crippen MR) is 176 cm³/mol. The second-order valence-electron chi connectivity index (χ2n) is 11.8. The van der Waals surface area contributed by atoms with Crippen LogP contribution < -0.4 is 11.1 Å². The van der Waals surface area contributed by atoms with Crippen LogP contribution in [-0.4, -0.2) is 56.8 Å². The molecule has 0 saturated heterocycles. The quantitative estimate of drug-likeness (QED) is 0.236. The van der Waals surface area contributed by atoms with Gasteiger partial charge >= 0.3 is 5.97 Å². The van der Waals surface area contributed by atoms with Crippen molar-refractivity contribution in [2.75, 3.05) is 0 Å². The van der Waals surface area contributed by atoms with Crippen molar-refractivity contribution in [3.63, 3.8) is 0 Å². The van der Waals surface area contributed by atoms with E-state index in [0.717, 1.165) is 42.4 Å². The minimum Gasteiger partial charge on any atom is -0.477 e. The van der Waals surface area contributed by atoms with Gasteiger partial charge in [0.05, 0.1) is 6.04 Å². The molecule has 1 amide bonds. The number of hydrogen-bond acceptors (Lipinski definition) is 11. The summed E-state index contributed by atoms with van der Waals surface area (Å²) in [6, 6.07) is 15.7. The third-order valence-electron chi connectivity index (χ3n) is 8.46. The van der Waals surface area contributed by atoms with Crippen molar-refractivity contribution < 1.29 is 23.7 Å². The Balaban J connectivity index is 0.000000143. The monoisotopic (exact) mass is 664 g/mol. The summed E-state index contributed by atoms with van der Waals surface area (Å²) in [6.45, 7) is 3.56. The average Bonchev–Trinajstić information content (AvgIpc) is 3.94. The van der Waals surface area contributed by atoms with Crippen LogP contribution in [0.4, 0.5) is 0 Å². The van der Waals surface area contributed by atoms with Crippen LogP contribution >= 0.6 is 0 Å². The van der Waals surface area contributed by atoms with Crippen LogP contribution in [0.25, 0.3) is 22.8 Å². The van der Waals surface area contributed by atoms with Crippen molar-refractivity contribution >= 4 is 11.9 Å². The van der Waals surface area contributed by atoms with E-state index in [9.17, 15) is 9.59 Å². The number of carboxylic acids is 1. The summed E-state index contributed by atoms with van der Waals surface area (Å²) >= 11 is 0. The maximum absolute atomic E-state index is 12.4. The maximum Gasteiger partial charge on any atom is 0.354 e. The zero-order valence-electron chi connectivity index (χ0n) is 27.5. The van der Waals surface area contributed by atoms with Crippen LogP contribution in [0.1, 0.15) is 79.9 Å². The van der Waals surface area contributed by atoms with E-state index in [0.29, 0.717) is 29.1 Å². The summed E-state index contributed by atoms with van der Waals surface area (Å²) in [5.74, 6) is 1.33. The molecule has 2 aliphatic rings. The molecular formula is C34H36N10O5. The second-order valence-corrected chi connectivity index (χ2v) is 11.8. The van der Waals surface area contributed by atoms with Crippen LogP contribution in [0.15, 0.2) is 70.0 Å². The van der Waals surface area contributed by atoms with Crippen LogP contribution in [0.3, 0.4) is 0 Å². The van der Waals surface area contributed by atoms with E-state index in [4.69, 9.17) is 19.9 Å². The minimum absolute atomic E-state index is 0.0171. The first-order chi connectivity index (χ1) is 23.6. The van der Waals surface area contributed by atoms with Gasteiger partial charge in [0.2, 0.25) is 23.4 Å². The van der Waals surface area contributed by atoms with Gasteiger partial charge in [0, 0.05) is 57.5 Å². The largest absolute Gasteiger partial charge is 0.477 e. The lowest BCUT2D eigenvalue weighted by molar-refractivity contribution is 0.0684. The second kappa shape index (κ2) is 14.0. The van der Waals surface area contributed by atoms with Crippen molar-refractivity contribution in [3.05, 3.63) is 106 Å². The highest BCUT2D eigenvalue weighted by molar-refractivity contribution is 5.92. The highest BCUT2D eigenvalue weighted by Gasteiger charge is 2.26. The fourth-order valence-corrected chi connectivity index (χ4v) is 5.94. The summed E-state index contributed by atoms with van der Waals surface area (Å²) < 4.78 is 12.9. The van der Waals surface area contributed by atoms with E-state index in [1.807, 2.05) is 18.2 Å². The molecular weight excluding hydrogens is 628 g/mol. The number of rotatable bonds is 5. The first kappa shape index (κ1) is 33.0. The van der Waals surface area contributed by atoms with Gasteiger partial charge in [-0.3, -0.25) is 14.2 Å². The molecule has 0 spiro atoms. The van der Waals surface area contributed by atoms with E-state index < -0.39 is 5.97 Å². The Kier molecular flexibility index (Phi) is 9.44. The highest BCUT2D eigenvalue weighted by atomic mass is 16.5. The molecule has 0 saturated carbocycles. The lowest BCUT2D eigenvalue weighted by Gasteiger charge is -2.14. The number of aromatic carboxylic acids is 1. The summed E-state index contributed by atoms with van der Waals surface area (Å²) in [5.41, 5.74) is 13.6. The molecule has 4 N–H and O–H groups in total. The van der Waals surface area contributed by atoms with E-state index in [2.05, 4.69) is 54.0 Å². The van der Waals surface area contributed by atoms with Gasteiger partial charge in [0.15, 0.2) is 0 Å². The summed E-state index contributed by atoms with van der Waals surface area (Å²) in [6.07, 6.45) is 6.94. The summed E-state index contributed by atoms with van der Waals surface area (Å²) in [4.78, 5) is 31.1. The van der Waals surface area contributed by atoms with Gasteiger partial charge in [0.25, 0.3) is 5.91 Å². The molecule has 0 aliphatic heterocycles. The number of amides is 1. The van der Waals surface area contributed by atoms with Gasteiger partial charge in [-0.15, -0.1) is 0 Å². The Labute approximate surface area is 281 Å². The zero-order chi connectivity index (χ0) is 34.7. The maximum atomic E-state index is 12.4. The number of fused-ring (bicyclic) bond motifs is 2. The number of nitrogens with two attached hydrogens (primary N) is 1. The molecule has 0 fully saturated rings. The molecule has 2 atom stereocenters. The zero-order valence-corrected chi connectivity index (χ0v) is 27.5. The predicted octanol–water partition coefficient (Wildman–Crippen LogP) is 4.31. The lowest BCUT2D eigenvalue weighted by Crippen LogP contribution is -2.28. The van der Waals surface area contributed by atoms with Crippen molar-refractivity contribution in [1.82, 2.24) is 45.2 Å². The molecule has 252 valence electrons. The number of benzene rings is 2. The average molecular weight is 665 g/mol. The Hall–Kier alpha value is -5.96. The number of aryl methyl sites for hydroxylation is 6. The van der Waals surface area contributed by atoms with Crippen LogP contribution in [0, 0.1) is 13.8 Å². The number of nitrogens with zero attached hydrogens (tertiary/aromatic N) is 8. The van der Waals surface area contributed by atoms with Crippen molar-refractivity contribution in [3.8, 4) is 22.8 Å². The molecule has 0 bridgehead atoms. The Morgan fingerprint density at radius 1 is 0.796 bits per heavy atom. The third-order valence-corrected chi connectivity index (χ3v) is 8.46. The van der Waals surface area contributed by atoms with E-state index in [1.165, 1.54) is 33.6 Å². The van der Waals surface area contributed by atoms with Gasteiger partial charge in [-0.25, -0.2) is 4.79 Å². The summed E-state index contributed by atoms with van der Waals surface area (Å²) in [7, 11) is 3.35. The SMILES string of the molecule is Cc1nc(-c2ccc3c(c2)CCC3N)no1.Cc1nc(-c2ccc3c(c2)CCC3NC(=O)c2ccnn2C)no1.Cn1nccc1C(=O)O. The Morgan fingerprint density at radius 2 is 1.33 bits per heavy atom. The van der Waals surface area contributed by atoms with Crippen LogP contribution in [0.2, 0.25) is 0 Å². The number of aromatic nitrogens is 8. The van der Waals surface area contributed by atoms with Gasteiger partial charge in [-0.1, -0.05) is 34.6 Å². The van der Waals surface area contributed by atoms with Crippen molar-refractivity contribution in [1.29, 1.82) is 0 Å². The molecule has 8 rings (SSSR count). The molecule has 4 aromatic heterocycles. The highest BCUT2D eigenvalue weighted by Crippen LogP contribution is 2.34. The Morgan fingerprint density at radius 3 is 1.82 bits per heavy atom. The smallest absolute Gasteiger partial charge is 0.354 e. The summed E-state index contributed by atoms with van der Waals surface area (Å²) in [5, 5.41) is 27.1. The van der Waals surface area contributed by atoms with Gasteiger partial charge in [-0.05, 0) is 72.2 Å². The van der Waals surface area contributed by atoms with Gasteiger partial charge < -0.3 is 25.2 Å². The Bertz CT molecular complexity index is 2110. The molecule has 2 aromatic carbocycles. The third kappa shape index (κ3) is 7.31. The van der Waals surface area contributed by atoms with E-state index in [1.54, 1.807) is 44.9 Å². The lowest BCUT2D eigenvalue weighted by atomic mass is 10.0. The van der Waals surface area contributed by atoms with Crippen LogP contribution in [-0.2, 0) is 26.9 Å². The molecule has 6 aromatic rings. The number of carboxylic acid groups (broad SMARTS) is 1. The molecule has 4 heterocycles. The van der Waals surface area contributed by atoms with Gasteiger partial charge in [0.1, 0.15) is 11.4 Å². The number of hydrogen-bond donors (Lipinski definition) is 3. The number of nitrogens with one attached hydrogen (secondary N) is 1. The van der Waals surface area contributed by atoms with Crippen LogP contribution in [0.5, 0.6) is 0 Å². The minimum atomic E-state index is -0.949. The number of carbonyl (C=O) groups excluding carboxylic acids is 1. The topological polar surface area (TPSA) is 206 Å². The molecule has 49 heavy (non-hydrogen) atoms.